The van der Waals surface area contributed by atoms with Crippen LogP contribution in [0.5, 0.6) is 0 Å². The Balaban J connectivity index is 2.30. The number of rotatable bonds is 1. The largest absolute Gasteiger partial charge is 0.469 e. The van der Waals surface area contributed by atoms with Crippen molar-refractivity contribution >= 4 is 5.97 Å². The second-order valence-corrected chi connectivity index (χ2v) is 3.56. The van der Waals surface area contributed by atoms with Crippen LogP contribution in [0.4, 0.5) is 0 Å². The van der Waals surface area contributed by atoms with Gasteiger partial charge in [0, 0.05) is 6.04 Å². The zero-order chi connectivity index (χ0) is 10.1. The lowest BCUT2D eigenvalue weighted by Crippen LogP contribution is -2.25. The average molecular weight is 191 g/mol. The molecule has 3 nitrogen and oxygen atoms in total. The summed E-state index contributed by atoms with van der Waals surface area (Å²) in [7, 11) is 1.40. The Bertz CT molecular complexity index is 362. The van der Waals surface area contributed by atoms with Gasteiger partial charge in [-0.3, -0.25) is 4.79 Å². The molecule has 14 heavy (non-hydrogen) atoms. The molecular formula is C11H13NO2. The van der Waals surface area contributed by atoms with E-state index in [1.54, 1.807) is 0 Å². The zero-order valence-corrected chi connectivity index (χ0v) is 8.07. The molecule has 0 saturated carbocycles. The van der Waals surface area contributed by atoms with Crippen LogP contribution < -0.4 is 5.73 Å². The molecule has 2 rings (SSSR count). The van der Waals surface area contributed by atoms with Crippen molar-refractivity contribution in [3.8, 4) is 0 Å². The monoisotopic (exact) mass is 191 g/mol. The van der Waals surface area contributed by atoms with E-state index in [4.69, 9.17) is 10.5 Å². The van der Waals surface area contributed by atoms with Gasteiger partial charge in [-0.25, -0.2) is 0 Å². The van der Waals surface area contributed by atoms with Gasteiger partial charge in [0.15, 0.2) is 0 Å². The van der Waals surface area contributed by atoms with Gasteiger partial charge in [0.05, 0.1) is 13.0 Å². The highest BCUT2D eigenvalue weighted by atomic mass is 16.5. The van der Waals surface area contributed by atoms with Crippen molar-refractivity contribution in [3.63, 3.8) is 0 Å². The van der Waals surface area contributed by atoms with Gasteiger partial charge in [-0.1, -0.05) is 24.3 Å². The van der Waals surface area contributed by atoms with Crippen molar-refractivity contribution in [2.45, 2.75) is 12.5 Å². The van der Waals surface area contributed by atoms with Gasteiger partial charge in [0.1, 0.15) is 0 Å². The maximum atomic E-state index is 11.4. The summed E-state index contributed by atoms with van der Waals surface area (Å²) in [6, 6.07) is 7.68. The van der Waals surface area contributed by atoms with Crippen LogP contribution in [0.2, 0.25) is 0 Å². The van der Waals surface area contributed by atoms with Crippen LogP contribution in [0.25, 0.3) is 0 Å². The van der Waals surface area contributed by atoms with Crippen molar-refractivity contribution in [2.24, 2.45) is 11.7 Å². The molecule has 74 valence electrons. The van der Waals surface area contributed by atoms with Crippen LogP contribution in [0.15, 0.2) is 24.3 Å². The molecule has 0 aliphatic heterocycles. The molecule has 1 aromatic rings. The zero-order valence-electron chi connectivity index (χ0n) is 8.07. The van der Waals surface area contributed by atoms with Gasteiger partial charge < -0.3 is 10.5 Å². The first-order chi connectivity index (χ1) is 6.74. The van der Waals surface area contributed by atoms with Gasteiger partial charge in [0.25, 0.3) is 0 Å². The van der Waals surface area contributed by atoms with Crippen molar-refractivity contribution < 1.29 is 9.53 Å². The van der Waals surface area contributed by atoms with E-state index in [2.05, 4.69) is 0 Å². The molecule has 0 unspecified atom stereocenters. The second-order valence-electron chi connectivity index (χ2n) is 3.56. The molecule has 3 heteroatoms. The third kappa shape index (κ3) is 1.30. The number of benzene rings is 1. The fraction of sp³-hybridized carbons (Fsp3) is 0.364. The molecule has 0 radical (unpaired) electrons. The van der Waals surface area contributed by atoms with E-state index in [1.165, 1.54) is 7.11 Å². The normalized spacial score (nSPS) is 24.4. The minimum atomic E-state index is -0.214. The lowest BCUT2D eigenvalue weighted by atomic mass is 10.0. The highest BCUT2D eigenvalue weighted by molar-refractivity contribution is 5.75. The fourth-order valence-corrected chi connectivity index (χ4v) is 2.01. The maximum absolute atomic E-state index is 11.4. The molecule has 0 aromatic heterocycles. The van der Waals surface area contributed by atoms with Gasteiger partial charge in [-0.15, -0.1) is 0 Å². The van der Waals surface area contributed by atoms with Crippen LogP contribution in [0.3, 0.4) is 0 Å². The highest BCUT2D eigenvalue weighted by Gasteiger charge is 2.35. The number of carbonyl (C=O) groups is 1. The van der Waals surface area contributed by atoms with Gasteiger partial charge >= 0.3 is 5.97 Å². The second kappa shape index (κ2) is 3.42. The van der Waals surface area contributed by atoms with Crippen molar-refractivity contribution in [3.05, 3.63) is 35.4 Å². The Morgan fingerprint density at radius 2 is 2.21 bits per heavy atom. The summed E-state index contributed by atoms with van der Waals surface area (Å²) >= 11 is 0. The molecule has 2 atom stereocenters. The summed E-state index contributed by atoms with van der Waals surface area (Å²) < 4.78 is 4.72. The third-order valence-electron chi connectivity index (χ3n) is 2.79. The Morgan fingerprint density at radius 1 is 1.50 bits per heavy atom. The van der Waals surface area contributed by atoms with Crippen molar-refractivity contribution in [1.29, 1.82) is 0 Å². The number of hydrogen-bond acceptors (Lipinski definition) is 3. The van der Waals surface area contributed by atoms with E-state index >= 15 is 0 Å². The van der Waals surface area contributed by atoms with E-state index in [0.29, 0.717) is 6.42 Å². The SMILES string of the molecule is COC(=O)[C@@H]1Cc2ccccc2[C@H]1N. The summed E-state index contributed by atoms with van der Waals surface area (Å²) in [5.41, 5.74) is 8.20. The summed E-state index contributed by atoms with van der Waals surface area (Å²) in [6.07, 6.45) is 0.698. The number of methoxy groups -OCH3 is 1. The standard InChI is InChI=1S/C11H13NO2/c1-14-11(13)9-6-7-4-2-3-5-8(7)10(9)12/h2-5,9-10H,6,12H2,1H3/t9-,10-/m1/s1. The molecule has 2 N–H and O–H groups in total. The first-order valence-electron chi connectivity index (χ1n) is 4.65. The topological polar surface area (TPSA) is 52.3 Å². The summed E-state index contributed by atoms with van der Waals surface area (Å²) in [5.74, 6) is -0.425. The smallest absolute Gasteiger partial charge is 0.310 e. The first-order valence-corrected chi connectivity index (χ1v) is 4.65. The Kier molecular flexibility index (Phi) is 2.25. The molecule has 0 spiro atoms. The van der Waals surface area contributed by atoms with Crippen LogP contribution in [-0.2, 0) is 16.0 Å². The van der Waals surface area contributed by atoms with E-state index in [-0.39, 0.29) is 17.9 Å². The third-order valence-corrected chi connectivity index (χ3v) is 2.79. The molecule has 0 saturated heterocycles. The Morgan fingerprint density at radius 3 is 2.86 bits per heavy atom. The van der Waals surface area contributed by atoms with E-state index < -0.39 is 0 Å². The first kappa shape index (κ1) is 9.21. The minimum Gasteiger partial charge on any atom is -0.469 e. The molecular weight excluding hydrogens is 178 g/mol. The molecule has 1 aliphatic rings. The molecule has 1 aromatic carbocycles. The van der Waals surface area contributed by atoms with Crippen LogP contribution in [-0.4, -0.2) is 13.1 Å². The summed E-state index contributed by atoms with van der Waals surface area (Å²) in [4.78, 5) is 11.4. The maximum Gasteiger partial charge on any atom is 0.310 e. The lowest BCUT2D eigenvalue weighted by molar-refractivity contribution is -0.145. The number of esters is 1. The van der Waals surface area contributed by atoms with Gasteiger partial charge in [-0.05, 0) is 17.5 Å². The molecule has 0 heterocycles. The van der Waals surface area contributed by atoms with E-state index in [9.17, 15) is 4.79 Å². The minimum absolute atomic E-state index is 0.210. The summed E-state index contributed by atoms with van der Waals surface area (Å²) in [5, 5.41) is 0. The highest BCUT2D eigenvalue weighted by Crippen LogP contribution is 2.34. The van der Waals surface area contributed by atoms with E-state index in [1.807, 2.05) is 24.3 Å². The lowest BCUT2D eigenvalue weighted by Gasteiger charge is -2.12. The molecule has 0 bridgehead atoms. The molecule has 1 aliphatic carbocycles. The van der Waals surface area contributed by atoms with Crippen LogP contribution in [0, 0.1) is 5.92 Å². The number of hydrogen-bond donors (Lipinski definition) is 1. The van der Waals surface area contributed by atoms with Crippen LogP contribution in [0.1, 0.15) is 17.2 Å². The fourth-order valence-electron chi connectivity index (χ4n) is 2.01. The number of ether oxygens (including phenoxy) is 1. The van der Waals surface area contributed by atoms with Crippen LogP contribution >= 0.6 is 0 Å². The Labute approximate surface area is 82.9 Å². The quantitative estimate of drug-likeness (QED) is 0.674. The predicted molar refractivity (Wildman–Crippen MR) is 52.6 cm³/mol. The van der Waals surface area contributed by atoms with Gasteiger partial charge in [-0.2, -0.15) is 0 Å². The predicted octanol–water partition coefficient (Wildman–Crippen LogP) is 1.03. The van der Waals surface area contributed by atoms with Crippen molar-refractivity contribution in [1.82, 2.24) is 0 Å². The van der Waals surface area contributed by atoms with Gasteiger partial charge in [0.2, 0.25) is 0 Å². The number of fused-ring (bicyclic) bond motifs is 1. The number of carbonyl (C=O) groups excluding carboxylic acids is 1. The average Bonchev–Trinajstić information content (AvgIpc) is 2.56. The van der Waals surface area contributed by atoms with E-state index in [0.717, 1.165) is 11.1 Å². The Hall–Kier alpha value is -1.35. The molecule has 0 fully saturated rings. The molecule has 0 amide bonds. The van der Waals surface area contributed by atoms with Crippen molar-refractivity contribution in [2.75, 3.05) is 7.11 Å². The summed E-state index contributed by atoms with van der Waals surface area (Å²) in [6.45, 7) is 0. The number of nitrogens with two attached hydrogens (primary N) is 1.